The van der Waals surface area contributed by atoms with Crippen LogP contribution in [0.4, 0.5) is 10.1 Å². The number of amides is 2. The SMILES string of the molecule is O=C(CSc1cn(CCNC(=O)c2ccc(F)cc2)c2ccccc12)Nc1cccc2ccccc12. The Hall–Kier alpha value is -4.10. The molecule has 0 bridgehead atoms. The lowest BCUT2D eigenvalue weighted by molar-refractivity contribution is -0.113. The van der Waals surface area contributed by atoms with Gasteiger partial charge in [0.15, 0.2) is 0 Å². The molecule has 0 unspecified atom stereocenters. The fraction of sp³-hybridized carbons (Fsp3) is 0.103. The predicted octanol–water partition coefficient (Wildman–Crippen LogP) is 6.09. The molecule has 0 saturated heterocycles. The van der Waals surface area contributed by atoms with Crippen molar-refractivity contribution in [2.45, 2.75) is 11.4 Å². The Balaban J connectivity index is 1.23. The molecule has 4 aromatic carbocycles. The molecule has 2 N–H and O–H groups in total. The molecule has 5 nitrogen and oxygen atoms in total. The van der Waals surface area contributed by atoms with E-state index in [-0.39, 0.29) is 23.4 Å². The largest absolute Gasteiger partial charge is 0.350 e. The molecule has 0 aliphatic carbocycles. The van der Waals surface area contributed by atoms with Crippen molar-refractivity contribution in [1.82, 2.24) is 9.88 Å². The number of hydrogen-bond donors (Lipinski definition) is 2. The van der Waals surface area contributed by atoms with Crippen LogP contribution < -0.4 is 10.6 Å². The highest BCUT2D eigenvalue weighted by atomic mass is 32.2. The van der Waals surface area contributed by atoms with Crippen LogP contribution in [-0.2, 0) is 11.3 Å². The Labute approximate surface area is 212 Å². The first-order valence-electron chi connectivity index (χ1n) is 11.6. The summed E-state index contributed by atoms with van der Waals surface area (Å²) in [7, 11) is 0. The van der Waals surface area contributed by atoms with Crippen molar-refractivity contribution < 1.29 is 14.0 Å². The molecule has 0 spiro atoms. The van der Waals surface area contributed by atoms with Gasteiger partial charge in [0.1, 0.15) is 5.82 Å². The highest BCUT2D eigenvalue weighted by Gasteiger charge is 2.12. The van der Waals surface area contributed by atoms with Gasteiger partial charge in [-0.15, -0.1) is 11.8 Å². The number of carbonyl (C=O) groups excluding carboxylic acids is 2. The Morgan fingerprint density at radius 3 is 2.39 bits per heavy atom. The number of rotatable bonds is 8. The Kier molecular flexibility index (Phi) is 7.00. The standard InChI is InChI=1S/C29H24FN3O2S/c30-22-14-12-21(13-15-22)29(35)31-16-17-33-18-27(24-9-3-4-11-26(24)33)36-19-28(34)32-25-10-5-7-20-6-1-2-8-23(20)25/h1-15,18H,16-17,19H2,(H,31,35)(H,32,34). The number of carbonyl (C=O) groups is 2. The van der Waals surface area contributed by atoms with Crippen molar-refractivity contribution in [1.29, 1.82) is 0 Å². The second kappa shape index (κ2) is 10.7. The summed E-state index contributed by atoms with van der Waals surface area (Å²) in [5, 5.41) is 9.07. The Bertz CT molecular complexity index is 1540. The molecule has 1 heterocycles. The fourth-order valence-electron chi connectivity index (χ4n) is 4.17. The Morgan fingerprint density at radius 2 is 1.56 bits per heavy atom. The van der Waals surface area contributed by atoms with Crippen molar-refractivity contribution in [2.24, 2.45) is 0 Å². The zero-order valence-corrected chi connectivity index (χ0v) is 20.2. The number of para-hydroxylation sites is 1. The van der Waals surface area contributed by atoms with Gasteiger partial charge in [0.05, 0.1) is 5.75 Å². The molecule has 0 aliphatic heterocycles. The zero-order chi connectivity index (χ0) is 24.9. The van der Waals surface area contributed by atoms with Crippen molar-refractivity contribution in [3.05, 3.63) is 109 Å². The molecular weight excluding hydrogens is 473 g/mol. The number of hydrogen-bond acceptors (Lipinski definition) is 3. The molecule has 0 radical (unpaired) electrons. The molecule has 5 aromatic rings. The van der Waals surface area contributed by atoms with E-state index in [1.807, 2.05) is 72.9 Å². The lowest BCUT2D eigenvalue weighted by Crippen LogP contribution is -2.27. The summed E-state index contributed by atoms with van der Waals surface area (Å²) in [6.45, 7) is 0.983. The first-order chi connectivity index (χ1) is 17.6. The highest BCUT2D eigenvalue weighted by molar-refractivity contribution is 8.00. The summed E-state index contributed by atoms with van der Waals surface area (Å²) in [4.78, 5) is 26.1. The molecule has 0 saturated carbocycles. The quantitative estimate of drug-likeness (QED) is 0.255. The summed E-state index contributed by atoms with van der Waals surface area (Å²) >= 11 is 1.49. The average molecular weight is 498 g/mol. The van der Waals surface area contributed by atoms with Crippen LogP contribution in [0.2, 0.25) is 0 Å². The number of halogens is 1. The van der Waals surface area contributed by atoms with E-state index in [1.165, 1.54) is 36.0 Å². The van der Waals surface area contributed by atoms with Crippen LogP contribution in [-0.4, -0.2) is 28.7 Å². The third-order valence-corrected chi connectivity index (χ3v) is 6.96. The minimum atomic E-state index is -0.374. The maximum Gasteiger partial charge on any atom is 0.251 e. The smallest absolute Gasteiger partial charge is 0.251 e. The molecule has 1 aromatic heterocycles. The van der Waals surface area contributed by atoms with Crippen LogP contribution >= 0.6 is 11.8 Å². The number of nitrogens with zero attached hydrogens (tertiary/aromatic N) is 1. The van der Waals surface area contributed by atoms with Crippen molar-refractivity contribution >= 4 is 50.9 Å². The maximum atomic E-state index is 13.1. The summed E-state index contributed by atoms with van der Waals surface area (Å²) < 4.78 is 15.2. The number of thioether (sulfide) groups is 1. The first kappa shape index (κ1) is 23.6. The van der Waals surface area contributed by atoms with Gasteiger partial charge in [-0.25, -0.2) is 4.39 Å². The Morgan fingerprint density at radius 1 is 0.833 bits per heavy atom. The van der Waals surface area contributed by atoms with E-state index in [0.29, 0.717) is 18.7 Å². The van der Waals surface area contributed by atoms with E-state index in [4.69, 9.17) is 0 Å². The lowest BCUT2D eigenvalue weighted by atomic mass is 10.1. The number of aromatic nitrogens is 1. The molecule has 0 fully saturated rings. The van der Waals surface area contributed by atoms with Gasteiger partial charge in [-0.05, 0) is 41.8 Å². The lowest BCUT2D eigenvalue weighted by Gasteiger charge is -2.08. The van der Waals surface area contributed by atoms with Gasteiger partial charge in [0, 0.05) is 51.7 Å². The van der Waals surface area contributed by atoms with Crippen molar-refractivity contribution in [3.8, 4) is 0 Å². The summed E-state index contributed by atoms with van der Waals surface area (Å²) in [6, 6.07) is 27.3. The molecule has 180 valence electrons. The molecule has 36 heavy (non-hydrogen) atoms. The van der Waals surface area contributed by atoms with Crippen LogP contribution in [0.5, 0.6) is 0 Å². The van der Waals surface area contributed by atoms with Crippen LogP contribution in [0, 0.1) is 5.82 Å². The summed E-state index contributed by atoms with van der Waals surface area (Å²) in [6.07, 6.45) is 2.02. The van der Waals surface area contributed by atoms with Crippen LogP contribution in [0.1, 0.15) is 10.4 Å². The summed E-state index contributed by atoms with van der Waals surface area (Å²) in [5.74, 6) is -0.412. The van der Waals surface area contributed by atoms with Crippen LogP contribution in [0.25, 0.3) is 21.7 Å². The zero-order valence-electron chi connectivity index (χ0n) is 19.4. The molecule has 0 atom stereocenters. The van der Waals surface area contributed by atoms with E-state index < -0.39 is 0 Å². The molecule has 2 amide bonds. The van der Waals surface area contributed by atoms with E-state index in [2.05, 4.69) is 15.2 Å². The van der Waals surface area contributed by atoms with Gasteiger partial charge >= 0.3 is 0 Å². The number of fused-ring (bicyclic) bond motifs is 2. The topological polar surface area (TPSA) is 63.1 Å². The minimum absolute atomic E-state index is 0.0697. The van der Waals surface area contributed by atoms with Gasteiger partial charge < -0.3 is 15.2 Å². The van der Waals surface area contributed by atoms with Crippen LogP contribution in [0.15, 0.2) is 102 Å². The number of nitrogens with one attached hydrogen (secondary N) is 2. The normalized spacial score (nSPS) is 11.0. The predicted molar refractivity (Wildman–Crippen MR) is 144 cm³/mol. The minimum Gasteiger partial charge on any atom is -0.350 e. The first-order valence-corrected chi connectivity index (χ1v) is 12.6. The van der Waals surface area contributed by atoms with E-state index in [0.717, 1.165) is 32.3 Å². The molecule has 0 aliphatic rings. The second-order valence-corrected chi connectivity index (χ2v) is 9.35. The van der Waals surface area contributed by atoms with Crippen molar-refractivity contribution in [3.63, 3.8) is 0 Å². The monoisotopic (exact) mass is 497 g/mol. The average Bonchev–Trinajstić information content (AvgIpc) is 3.26. The van der Waals surface area contributed by atoms with Gasteiger partial charge in [-0.1, -0.05) is 54.6 Å². The van der Waals surface area contributed by atoms with E-state index in [1.54, 1.807) is 0 Å². The molecule has 7 heteroatoms. The molecular formula is C29H24FN3O2S. The van der Waals surface area contributed by atoms with Gasteiger partial charge in [0.25, 0.3) is 5.91 Å². The third kappa shape index (κ3) is 5.26. The number of anilines is 1. The second-order valence-electron chi connectivity index (χ2n) is 8.33. The molecule has 5 rings (SSSR count). The van der Waals surface area contributed by atoms with Gasteiger partial charge in [0.2, 0.25) is 5.91 Å². The summed E-state index contributed by atoms with van der Waals surface area (Å²) in [5.41, 5.74) is 2.26. The fourth-order valence-corrected chi connectivity index (χ4v) is 5.06. The van der Waals surface area contributed by atoms with E-state index in [9.17, 15) is 14.0 Å². The van der Waals surface area contributed by atoms with Crippen LogP contribution in [0.3, 0.4) is 0 Å². The maximum absolute atomic E-state index is 13.1. The van der Waals surface area contributed by atoms with Gasteiger partial charge in [-0.3, -0.25) is 9.59 Å². The third-order valence-electron chi connectivity index (χ3n) is 5.92. The van der Waals surface area contributed by atoms with E-state index >= 15 is 0 Å². The highest BCUT2D eigenvalue weighted by Crippen LogP contribution is 2.30. The number of benzene rings is 4. The van der Waals surface area contributed by atoms with Gasteiger partial charge in [-0.2, -0.15) is 0 Å². The van der Waals surface area contributed by atoms with Crippen molar-refractivity contribution in [2.75, 3.05) is 17.6 Å².